The highest BCUT2D eigenvalue weighted by atomic mass is 16.6. The summed E-state index contributed by atoms with van der Waals surface area (Å²) in [7, 11) is 0. The summed E-state index contributed by atoms with van der Waals surface area (Å²) in [5.41, 5.74) is -1.35. The van der Waals surface area contributed by atoms with Crippen LogP contribution in [0.1, 0.15) is 16.8 Å². The number of nitro benzene ring substituents is 1. The van der Waals surface area contributed by atoms with Crippen molar-refractivity contribution in [3.05, 3.63) is 52.1 Å². The van der Waals surface area contributed by atoms with Crippen molar-refractivity contribution in [3.8, 4) is 12.1 Å². The lowest BCUT2D eigenvalue weighted by molar-refractivity contribution is -0.384. The summed E-state index contributed by atoms with van der Waals surface area (Å²) in [5, 5.41) is 29.5. The van der Waals surface area contributed by atoms with Crippen molar-refractivity contribution in [1.29, 1.82) is 10.5 Å². The van der Waals surface area contributed by atoms with Crippen molar-refractivity contribution in [2.24, 2.45) is 17.3 Å². The van der Waals surface area contributed by atoms with E-state index in [0.717, 1.165) is 0 Å². The van der Waals surface area contributed by atoms with E-state index < -0.39 is 22.4 Å². The predicted molar refractivity (Wildman–Crippen MR) is 76.7 cm³/mol. The van der Waals surface area contributed by atoms with E-state index in [1.54, 1.807) is 0 Å². The molecule has 2 aliphatic carbocycles. The molecule has 2 bridgehead atoms. The third-order valence-corrected chi connectivity index (χ3v) is 4.46. The van der Waals surface area contributed by atoms with E-state index in [9.17, 15) is 25.4 Å². The number of nitriles is 2. The van der Waals surface area contributed by atoms with Crippen LogP contribution in [-0.2, 0) is 4.74 Å². The third kappa shape index (κ3) is 2.14. The van der Waals surface area contributed by atoms with E-state index in [1.807, 2.05) is 24.3 Å². The maximum atomic E-state index is 12.2. The molecule has 1 saturated carbocycles. The number of non-ortho nitro benzene ring substituents is 1. The van der Waals surface area contributed by atoms with Crippen molar-refractivity contribution >= 4 is 11.7 Å². The van der Waals surface area contributed by atoms with Crippen LogP contribution >= 0.6 is 0 Å². The van der Waals surface area contributed by atoms with Gasteiger partial charge in [0.2, 0.25) is 0 Å². The molecule has 23 heavy (non-hydrogen) atoms. The smallest absolute Gasteiger partial charge is 0.338 e. The van der Waals surface area contributed by atoms with E-state index in [0.29, 0.717) is 6.42 Å². The van der Waals surface area contributed by atoms with Gasteiger partial charge in [-0.15, -0.1) is 0 Å². The number of rotatable bonds is 3. The topological polar surface area (TPSA) is 117 Å². The molecule has 3 atom stereocenters. The molecule has 0 saturated heterocycles. The molecule has 3 unspecified atom stereocenters. The molecule has 7 nitrogen and oxygen atoms in total. The normalized spacial score (nSPS) is 26.3. The molecule has 7 heteroatoms. The zero-order valence-electron chi connectivity index (χ0n) is 11.9. The summed E-state index contributed by atoms with van der Waals surface area (Å²) < 4.78 is 5.42. The summed E-state index contributed by atoms with van der Waals surface area (Å²) >= 11 is 0. The lowest BCUT2D eigenvalue weighted by Crippen LogP contribution is -2.39. The van der Waals surface area contributed by atoms with Gasteiger partial charge in [-0.1, -0.05) is 12.2 Å². The van der Waals surface area contributed by atoms with E-state index in [1.165, 1.54) is 24.3 Å². The quantitative estimate of drug-likeness (QED) is 0.366. The number of fused-ring (bicyclic) bond motifs is 2. The largest absolute Gasteiger partial charge is 0.455 e. The number of nitro groups is 1. The van der Waals surface area contributed by atoms with Gasteiger partial charge in [0.05, 0.1) is 22.6 Å². The third-order valence-electron chi connectivity index (χ3n) is 4.46. The fourth-order valence-electron chi connectivity index (χ4n) is 3.24. The van der Waals surface area contributed by atoms with Crippen molar-refractivity contribution in [1.82, 2.24) is 0 Å². The molecule has 0 amide bonds. The molecule has 0 N–H and O–H groups in total. The highest BCUT2D eigenvalue weighted by Gasteiger charge is 2.59. The van der Waals surface area contributed by atoms with Gasteiger partial charge in [0.1, 0.15) is 6.10 Å². The van der Waals surface area contributed by atoms with Crippen molar-refractivity contribution in [3.63, 3.8) is 0 Å². The number of hydrogen-bond donors (Lipinski definition) is 0. The minimum atomic E-state index is -1.37. The van der Waals surface area contributed by atoms with Gasteiger partial charge in [-0.2, -0.15) is 10.5 Å². The Hall–Kier alpha value is -3.19. The predicted octanol–water partition coefficient (Wildman–Crippen LogP) is 2.36. The monoisotopic (exact) mass is 309 g/mol. The van der Waals surface area contributed by atoms with E-state index in [4.69, 9.17) is 4.74 Å². The molecule has 0 spiro atoms. The first kappa shape index (κ1) is 14.7. The Morgan fingerprint density at radius 2 is 1.91 bits per heavy atom. The van der Waals surface area contributed by atoms with Crippen LogP contribution in [0.15, 0.2) is 36.4 Å². The van der Waals surface area contributed by atoms with Crippen molar-refractivity contribution in [2.75, 3.05) is 0 Å². The van der Waals surface area contributed by atoms with Crippen LogP contribution in [0.4, 0.5) is 5.69 Å². The summed E-state index contributed by atoms with van der Waals surface area (Å²) in [5.74, 6) is -1.08. The minimum absolute atomic E-state index is 0.132. The minimum Gasteiger partial charge on any atom is -0.455 e. The number of allylic oxidation sites excluding steroid dienone is 1. The number of hydrogen-bond acceptors (Lipinski definition) is 6. The molecule has 0 aliphatic heterocycles. The van der Waals surface area contributed by atoms with Gasteiger partial charge in [-0.05, 0) is 18.6 Å². The average molecular weight is 309 g/mol. The molecular weight excluding hydrogens is 298 g/mol. The summed E-state index contributed by atoms with van der Waals surface area (Å²) in [6.45, 7) is 0. The van der Waals surface area contributed by atoms with Gasteiger partial charge in [0.15, 0.2) is 5.41 Å². The Bertz CT molecular complexity index is 771. The first-order chi connectivity index (χ1) is 11.0. The van der Waals surface area contributed by atoms with Crippen molar-refractivity contribution in [2.45, 2.75) is 12.5 Å². The molecule has 1 aromatic carbocycles. The number of carbonyl (C=O) groups excluding carboxylic acids is 1. The van der Waals surface area contributed by atoms with E-state index >= 15 is 0 Å². The van der Waals surface area contributed by atoms with Gasteiger partial charge < -0.3 is 4.74 Å². The number of carbonyl (C=O) groups is 1. The number of esters is 1. The van der Waals surface area contributed by atoms with Gasteiger partial charge in [0.25, 0.3) is 5.69 Å². The lowest BCUT2D eigenvalue weighted by Gasteiger charge is -2.29. The highest BCUT2D eigenvalue weighted by Crippen LogP contribution is 2.53. The van der Waals surface area contributed by atoms with Crippen LogP contribution < -0.4 is 0 Å². The van der Waals surface area contributed by atoms with Crippen LogP contribution in [0.5, 0.6) is 0 Å². The molecule has 0 radical (unpaired) electrons. The Balaban J connectivity index is 1.83. The molecule has 3 rings (SSSR count). The maximum Gasteiger partial charge on any atom is 0.338 e. The molecule has 2 aliphatic rings. The Labute approximate surface area is 131 Å². The zero-order chi connectivity index (χ0) is 16.6. The number of benzene rings is 1. The second-order valence-electron chi connectivity index (χ2n) is 5.61. The molecule has 1 aromatic rings. The van der Waals surface area contributed by atoms with Crippen LogP contribution in [0.2, 0.25) is 0 Å². The van der Waals surface area contributed by atoms with Crippen LogP contribution in [0, 0.1) is 50.0 Å². The number of ether oxygens (including phenoxy) is 1. The standard InChI is InChI=1S/C16H11N3O4/c17-8-16(9-18)12-4-1-11(7-12)14(16)23-15(20)10-2-5-13(6-3-10)19(21)22/h1-6,11-12,14H,7H2. The maximum absolute atomic E-state index is 12.2. The Morgan fingerprint density at radius 3 is 2.48 bits per heavy atom. The fraction of sp³-hybridized carbons (Fsp3) is 0.312. The summed E-state index contributed by atoms with van der Waals surface area (Å²) in [6, 6.07) is 9.03. The van der Waals surface area contributed by atoms with Crippen LogP contribution in [0.25, 0.3) is 0 Å². The first-order valence-electron chi connectivity index (χ1n) is 6.98. The van der Waals surface area contributed by atoms with Gasteiger partial charge in [0, 0.05) is 24.0 Å². The Morgan fingerprint density at radius 1 is 1.26 bits per heavy atom. The lowest BCUT2D eigenvalue weighted by atomic mass is 9.76. The SMILES string of the molecule is N#CC1(C#N)C2C=CC(C2)C1OC(=O)c1ccc([N+](=O)[O-])cc1. The van der Waals surface area contributed by atoms with Crippen LogP contribution in [-0.4, -0.2) is 17.0 Å². The van der Waals surface area contributed by atoms with Crippen molar-refractivity contribution < 1.29 is 14.5 Å². The van der Waals surface area contributed by atoms with E-state index in [-0.39, 0.29) is 23.1 Å². The fourth-order valence-corrected chi connectivity index (χ4v) is 3.24. The highest BCUT2D eigenvalue weighted by molar-refractivity contribution is 5.90. The molecular formula is C16H11N3O4. The summed E-state index contributed by atoms with van der Waals surface area (Å²) in [4.78, 5) is 22.3. The molecule has 1 fully saturated rings. The second-order valence-corrected chi connectivity index (χ2v) is 5.61. The molecule has 0 heterocycles. The summed E-state index contributed by atoms with van der Waals surface area (Å²) in [6.07, 6.45) is 3.48. The average Bonchev–Trinajstić information content (AvgIpc) is 3.15. The first-order valence-corrected chi connectivity index (χ1v) is 6.98. The van der Waals surface area contributed by atoms with Gasteiger partial charge in [-0.25, -0.2) is 4.79 Å². The Kier molecular flexibility index (Phi) is 3.34. The number of nitrogens with zero attached hydrogens (tertiary/aromatic N) is 3. The van der Waals surface area contributed by atoms with Crippen LogP contribution in [0.3, 0.4) is 0 Å². The van der Waals surface area contributed by atoms with Gasteiger partial charge >= 0.3 is 5.97 Å². The molecule has 0 aromatic heterocycles. The zero-order valence-corrected chi connectivity index (χ0v) is 11.9. The molecule has 114 valence electrons. The van der Waals surface area contributed by atoms with Gasteiger partial charge in [-0.3, -0.25) is 10.1 Å². The second kappa shape index (κ2) is 5.22. The van der Waals surface area contributed by atoms with E-state index in [2.05, 4.69) is 0 Å².